The summed E-state index contributed by atoms with van der Waals surface area (Å²) in [6.45, 7) is 4.45. The molecule has 0 unspecified atom stereocenters. The highest BCUT2D eigenvalue weighted by Gasteiger charge is 2.18. The van der Waals surface area contributed by atoms with Gasteiger partial charge < -0.3 is 18.9 Å². The maximum Gasteiger partial charge on any atom is 0.344 e. The van der Waals surface area contributed by atoms with Crippen LogP contribution >= 0.6 is 11.6 Å². The highest BCUT2D eigenvalue weighted by molar-refractivity contribution is 6.30. The number of rotatable bonds is 5. The van der Waals surface area contributed by atoms with Crippen LogP contribution in [0.2, 0.25) is 5.02 Å². The summed E-state index contributed by atoms with van der Waals surface area (Å²) in [4.78, 5) is 12.0. The number of hydrogen-bond acceptors (Lipinski definition) is 5. The van der Waals surface area contributed by atoms with E-state index in [0.717, 1.165) is 16.7 Å². The second-order valence-corrected chi connectivity index (χ2v) is 6.25. The van der Waals surface area contributed by atoms with Gasteiger partial charge in [0.2, 0.25) is 0 Å². The third kappa shape index (κ3) is 4.24. The van der Waals surface area contributed by atoms with Crippen molar-refractivity contribution < 1.29 is 23.7 Å². The SMILES string of the molecule is Cc1cccc(OCC(=O)OCc2cc(Cl)cc3c2OCOC3)c1C. The van der Waals surface area contributed by atoms with Crippen LogP contribution < -0.4 is 9.47 Å². The van der Waals surface area contributed by atoms with Gasteiger partial charge in [-0.2, -0.15) is 0 Å². The lowest BCUT2D eigenvalue weighted by Gasteiger charge is -2.21. The van der Waals surface area contributed by atoms with Crippen molar-refractivity contribution in [3.8, 4) is 11.5 Å². The lowest BCUT2D eigenvalue weighted by Crippen LogP contribution is -2.17. The van der Waals surface area contributed by atoms with Crippen LogP contribution in [0.5, 0.6) is 11.5 Å². The Hall–Kier alpha value is -2.24. The molecule has 0 aliphatic carbocycles. The largest absolute Gasteiger partial charge is 0.482 e. The minimum absolute atomic E-state index is 0.0673. The second kappa shape index (κ2) is 7.76. The van der Waals surface area contributed by atoms with Crippen molar-refractivity contribution in [1.29, 1.82) is 0 Å². The number of esters is 1. The van der Waals surface area contributed by atoms with Gasteiger partial charge in [-0.15, -0.1) is 0 Å². The van der Waals surface area contributed by atoms with Gasteiger partial charge in [0.1, 0.15) is 18.1 Å². The molecular formula is C19H19ClO5. The van der Waals surface area contributed by atoms with E-state index in [9.17, 15) is 4.79 Å². The predicted molar refractivity (Wildman–Crippen MR) is 92.9 cm³/mol. The van der Waals surface area contributed by atoms with Crippen molar-refractivity contribution in [1.82, 2.24) is 0 Å². The Balaban J connectivity index is 1.59. The predicted octanol–water partition coefficient (Wildman–Crippen LogP) is 3.95. The minimum atomic E-state index is -0.457. The van der Waals surface area contributed by atoms with Gasteiger partial charge in [0, 0.05) is 16.1 Å². The Bertz CT molecular complexity index is 788. The van der Waals surface area contributed by atoms with E-state index in [0.29, 0.717) is 28.7 Å². The number of carbonyl (C=O) groups excluding carboxylic acids is 1. The molecule has 1 aliphatic rings. The van der Waals surface area contributed by atoms with Gasteiger partial charge in [-0.3, -0.25) is 0 Å². The Labute approximate surface area is 151 Å². The van der Waals surface area contributed by atoms with Gasteiger partial charge in [0.15, 0.2) is 13.4 Å². The van der Waals surface area contributed by atoms with E-state index < -0.39 is 5.97 Å². The molecule has 25 heavy (non-hydrogen) atoms. The molecule has 1 aliphatic heterocycles. The fourth-order valence-electron chi connectivity index (χ4n) is 2.58. The molecule has 0 N–H and O–H groups in total. The first-order chi connectivity index (χ1) is 12.0. The molecule has 2 aromatic carbocycles. The van der Waals surface area contributed by atoms with Crippen LogP contribution in [0, 0.1) is 13.8 Å². The summed E-state index contributed by atoms with van der Waals surface area (Å²) in [5.41, 5.74) is 3.67. The molecule has 0 atom stereocenters. The summed E-state index contributed by atoms with van der Waals surface area (Å²) >= 11 is 6.09. The third-order valence-electron chi connectivity index (χ3n) is 4.04. The minimum Gasteiger partial charge on any atom is -0.482 e. The van der Waals surface area contributed by atoms with Gasteiger partial charge in [0.25, 0.3) is 0 Å². The summed E-state index contributed by atoms with van der Waals surface area (Å²) in [5, 5.41) is 0.547. The highest BCUT2D eigenvalue weighted by atomic mass is 35.5. The number of aryl methyl sites for hydroxylation is 1. The van der Waals surface area contributed by atoms with Crippen molar-refractivity contribution in [2.45, 2.75) is 27.1 Å². The Morgan fingerprint density at radius 2 is 2.12 bits per heavy atom. The first-order valence-corrected chi connectivity index (χ1v) is 8.29. The topological polar surface area (TPSA) is 54.0 Å². The number of fused-ring (bicyclic) bond motifs is 1. The van der Waals surface area contributed by atoms with Crippen LogP contribution in [-0.4, -0.2) is 19.4 Å². The molecule has 0 saturated heterocycles. The van der Waals surface area contributed by atoms with Crippen LogP contribution in [0.1, 0.15) is 22.3 Å². The fraction of sp³-hybridized carbons (Fsp3) is 0.316. The van der Waals surface area contributed by atoms with Crippen molar-refractivity contribution >= 4 is 17.6 Å². The summed E-state index contributed by atoms with van der Waals surface area (Å²) < 4.78 is 21.6. The average Bonchev–Trinajstić information content (AvgIpc) is 2.60. The molecule has 2 aromatic rings. The molecular weight excluding hydrogens is 344 g/mol. The van der Waals surface area contributed by atoms with E-state index in [2.05, 4.69) is 0 Å². The van der Waals surface area contributed by atoms with Crippen molar-refractivity contribution in [3.63, 3.8) is 0 Å². The maximum atomic E-state index is 12.0. The molecule has 0 spiro atoms. The number of carbonyl (C=O) groups is 1. The smallest absolute Gasteiger partial charge is 0.344 e. The zero-order valence-electron chi connectivity index (χ0n) is 14.1. The van der Waals surface area contributed by atoms with Gasteiger partial charge in [-0.25, -0.2) is 4.79 Å². The van der Waals surface area contributed by atoms with Gasteiger partial charge in [-0.05, 0) is 43.2 Å². The van der Waals surface area contributed by atoms with E-state index in [-0.39, 0.29) is 20.0 Å². The van der Waals surface area contributed by atoms with Crippen molar-refractivity contribution in [2.24, 2.45) is 0 Å². The first-order valence-electron chi connectivity index (χ1n) is 7.91. The van der Waals surface area contributed by atoms with Crippen LogP contribution in [0.3, 0.4) is 0 Å². The van der Waals surface area contributed by atoms with Crippen LogP contribution in [0.25, 0.3) is 0 Å². The molecule has 3 rings (SSSR count). The average molecular weight is 363 g/mol. The fourth-order valence-corrected chi connectivity index (χ4v) is 2.84. The molecule has 0 bridgehead atoms. The van der Waals surface area contributed by atoms with Crippen LogP contribution in [-0.2, 0) is 27.5 Å². The summed E-state index contributed by atoms with van der Waals surface area (Å²) in [5.74, 6) is 0.887. The normalized spacial score (nSPS) is 12.9. The van der Waals surface area contributed by atoms with Crippen LogP contribution in [0.15, 0.2) is 30.3 Å². The zero-order valence-corrected chi connectivity index (χ0v) is 14.9. The lowest BCUT2D eigenvalue weighted by atomic mass is 10.1. The molecule has 0 radical (unpaired) electrons. The summed E-state index contributed by atoms with van der Waals surface area (Å²) in [6, 6.07) is 9.22. The molecule has 0 saturated carbocycles. The monoisotopic (exact) mass is 362 g/mol. The van der Waals surface area contributed by atoms with E-state index in [1.165, 1.54) is 0 Å². The molecule has 0 fully saturated rings. The third-order valence-corrected chi connectivity index (χ3v) is 4.26. The quantitative estimate of drug-likeness (QED) is 0.754. The number of ether oxygens (including phenoxy) is 4. The molecule has 0 aromatic heterocycles. The summed E-state index contributed by atoms with van der Waals surface area (Å²) in [7, 11) is 0. The number of hydrogen-bond donors (Lipinski definition) is 0. The Morgan fingerprint density at radius 1 is 1.28 bits per heavy atom. The van der Waals surface area contributed by atoms with E-state index >= 15 is 0 Å². The molecule has 1 heterocycles. The van der Waals surface area contributed by atoms with E-state index in [1.807, 2.05) is 32.0 Å². The molecule has 6 heteroatoms. The van der Waals surface area contributed by atoms with Crippen molar-refractivity contribution in [2.75, 3.05) is 13.4 Å². The molecule has 132 valence electrons. The second-order valence-electron chi connectivity index (χ2n) is 5.81. The standard InChI is InChI=1S/C19H19ClO5/c1-12-4-3-5-17(13(12)2)23-10-18(21)24-9-15-7-16(20)6-14-8-22-11-25-19(14)15/h3-7H,8-11H2,1-2H3. The Kier molecular flexibility index (Phi) is 5.46. The lowest BCUT2D eigenvalue weighted by molar-refractivity contribution is -0.147. The number of benzene rings is 2. The number of halogens is 1. The Morgan fingerprint density at radius 3 is 2.96 bits per heavy atom. The summed E-state index contributed by atoms with van der Waals surface area (Å²) in [6.07, 6.45) is 0. The molecule has 0 amide bonds. The van der Waals surface area contributed by atoms with Gasteiger partial charge in [-0.1, -0.05) is 23.7 Å². The zero-order chi connectivity index (χ0) is 17.8. The van der Waals surface area contributed by atoms with Gasteiger partial charge in [0.05, 0.1) is 6.61 Å². The van der Waals surface area contributed by atoms with E-state index in [1.54, 1.807) is 12.1 Å². The highest BCUT2D eigenvalue weighted by Crippen LogP contribution is 2.32. The maximum absolute atomic E-state index is 12.0. The first kappa shape index (κ1) is 17.6. The van der Waals surface area contributed by atoms with Crippen molar-refractivity contribution in [3.05, 3.63) is 57.6 Å². The van der Waals surface area contributed by atoms with E-state index in [4.69, 9.17) is 30.5 Å². The van der Waals surface area contributed by atoms with Gasteiger partial charge >= 0.3 is 5.97 Å². The molecule has 5 nitrogen and oxygen atoms in total. The van der Waals surface area contributed by atoms with Crippen LogP contribution in [0.4, 0.5) is 0 Å².